The van der Waals surface area contributed by atoms with Crippen LogP contribution in [0, 0.1) is 10.1 Å². The molecule has 0 aliphatic heterocycles. The van der Waals surface area contributed by atoms with E-state index in [1.54, 1.807) is 12.1 Å². The Kier molecular flexibility index (Phi) is 4.47. The minimum Gasteiger partial charge on any atom is -0.321 e. The number of rotatable bonds is 6. The summed E-state index contributed by atoms with van der Waals surface area (Å²) in [4.78, 5) is 10.1. The second kappa shape index (κ2) is 6.51. The summed E-state index contributed by atoms with van der Waals surface area (Å²) >= 11 is 0. The Morgan fingerprint density at radius 1 is 1.00 bits per heavy atom. The maximum Gasteiger partial charge on any atom is 0.269 e. The largest absolute Gasteiger partial charge is 0.321 e. The van der Waals surface area contributed by atoms with E-state index in [1.165, 1.54) is 17.7 Å². The summed E-state index contributed by atoms with van der Waals surface area (Å²) in [5.74, 6) is 0. The third-order valence-corrected chi connectivity index (χ3v) is 2.69. The molecule has 19 heavy (non-hydrogen) atoms. The lowest BCUT2D eigenvalue weighted by atomic mass is 10.2. The van der Waals surface area contributed by atoms with Gasteiger partial charge >= 0.3 is 0 Å². The van der Waals surface area contributed by atoms with Gasteiger partial charge in [-0.1, -0.05) is 30.3 Å². The molecule has 0 bridgehead atoms. The maximum absolute atomic E-state index is 10.5. The maximum atomic E-state index is 10.5. The predicted molar refractivity (Wildman–Crippen MR) is 74.9 cm³/mol. The fourth-order valence-electron chi connectivity index (χ4n) is 1.68. The first-order valence-corrected chi connectivity index (χ1v) is 6.03. The van der Waals surface area contributed by atoms with Crippen molar-refractivity contribution < 1.29 is 4.92 Å². The van der Waals surface area contributed by atoms with Gasteiger partial charge in [0.1, 0.15) is 0 Å². The lowest BCUT2D eigenvalue weighted by molar-refractivity contribution is -0.384. The molecule has 0 amide bonds. The molecular weight excluding hydrogens is 242 g/mol. The third kappa shape index (κ3) is 4.08. The van der Waals surface area contributed by atoms with Crippen molar-refractivity contribution in [1.29, 1.82) is 0 Å². The Bertz CT molecular complexity index is 526. The van der Waals surface area contributed by atoms with Crippen LogP contribution in [-0.4, -0.2) is 11.5 Å². The van der Waals surface area contributed by atoms with E-state index in [9.17, 15) is 10.1 Å². The number of hydrogen-bond donors (Lipinski definition) is 2. The van der Waals surface area contributed by atoms with E-state index in [0.717, 1.165) is 18.7 Å². The number of nitrogens with zero attached hydrogens (tertiary/aromatic N) is 1. The number of anilines is 1. The van der Waals surface area contributed by atoms with Gasteiger partial charge in [0.05, 0.1) is 4.92 Å². The van der Waals surface area contributed by atoms with Crippen molar-refractivity contribution in [3.63, 3.8) is 0 Å². The molecule has 2 aromatic carbocycles. The van der Waals surface area contributed by atoms with Crippen molar-refractivity contribution in [3.8, 4) is 0 Å². The number of hydrogen-bond acceptors (Lipinski definition) is 4. The van der Waals surface area contributed by atoms with Crippen LogP contribution >= 0.6 is 0 Å². The molecule has 5 heteroatoms. The number of nitrogens with one attached hydrogen (secondary N) is 2. The number of non-ortho nitro benzene ring substituents is 1. The molecule has 0 aliphatic rings. The summed E-state index contributed by atoms with van der Waals surface area (Å²) in [6, 6.07) is 16.5. The van der Waals surface area contributed by atoms with E-state index in [-0.39, 0.29) is 5.69 Å². The SMILES string of the molecule is O=[N+]([O-])c1ccc(NNCCc2ccccc2)cc1. The topological polar surface area (TPSA) is 67.2 Å². The monoisotopic (exact) mass is 257 g/mol. The number of nitro groups is 1. The molecule has 2 N–H and O–H groups in total. The van der Waals surface area contributed by atoms with E-state index >= 15 is 0 Å². The highest BCUT2D eigenvalue weighted by Crippen LogP contribution is 2.14. The third-order valence-electron chi connectivity index (χ3n) is 2.69. The van der Waals surface area contributed by atoms with Crippen molar-refractivity contribution in [2.24, 2.45) is 0 Å². The Balaban J connectivity index is 1.75. The zero-order valence-corrected chi connectivity index (χ0v) is 10.4. The fraction of sp³-hybridized carbons (Fsp3) is 0.143. The molecule has 5 nitrogen and oxygen atoms in total. The number of hydrazine groups is 1. The van der Waals surface area contributed by atoms with Crippen molar-refractivity contribution in [3.05, 3.63) is 70.3 Å². The minimum atomic E-state index is -0.410. The second-order valence-corrected chi connectivity index (χ2v) is 4.09. The smallest absolute Gasteiger partial charge is 0.269 e. The Labute approximate surface area is 111 Å². The minimum absolute atomic E-state index is 0.0924. The highest BCUT2D eigenvalue weighted by atomic mass is 16.6. The highest BCUT2D eigenvalue weighted by molar-refractivity contribution is 5.47. The zero-order valence-electron chi connectivity index (χ0n) is 10.4. The van der Waals surface area contributed by atoms with E-state index < -0.39 is 4.92 Å². The average Bonchev–Trinajstić information content (AvgIpc) is 2.45. The normalized spacial score (nSPS) is 10.1. The molecule has 0 unspecified atom stereocenters. The van der Waals surface area contributed by atoms with E-state index in [0.29, 0.717) is 0 Å². The molecule has 0 fully saturated rings. The van der Waals surface area contributed by atoms with Crippen LogP contribution in [0.4, 0.5) is 11.4 Å². The van der Waals surface area contributed by atoms with Gasteiger partial charge in [-0.15, -0.1) is 0 Å². The number of benzene rings is 2. The summed E-state index contributed by atoms with van der Waals surface area (Å²) in [7, 11) is 0. The summed E-state index contributed by atoms with van der Waals surface area (Å²) in [5, 5.41) is 10.5. The molecule has 2 aromatic rings. The van der Waals surface area contributed by atoms with Gasteiger partial charge in [0.25, 0.3) is 5.69 Å². The van der Waals surface area contributed by atoms with Gasteiger partial charge in [-0.3, -0.25) is 10.1 Å². The van der Waals surface area contributed by atoms with Crippen LogP contribution in [0.1, 0.15) is 5.56 Å². The molecule has 2 rings (SSSR count). The first kappa shape index (κ1) is 13.0. The van der Waals surface area contributed by atoms with Gasteiger partial charge < -0.3 is 5.43 Å². The molecule has 0 atom stereocenters. The quantitative estimate of drug-likeness (QED) is 0.474. The van der Waals surface area contributed by atoms with E-state index in [1.807, 2.05) is 18.2 Å². The van der Waals surface area contributed by atoms with Gasteiger partial charge in [0.2, 0.25) is 0 Å². The molecule has 0 aromatic heterocycles. The van der Waals surface area contributed by atoms with E-state index in [4.69, 9.17) is 0 Å². The lowest BCUT2D eigenvalue weighted by Gasteiger charge is -2.08. The Morgan fingerprint density at radius 2 is 1.68 bits per heavy atom. The molecule has 0 saturated heterocycles. The standard InChI is InChI=1S/C14H15N3O2/c18-17(19)14-8-6-13(7-9-14)16-15-11-10-12-4-2-1-3-5-12/h1-9,15-16H,10-11H2. The average molecular weight is 257 g/mol. The predicted octanol–water partition coefficient (Wildman–Crippen LogP) is 2.75. The van der Waals surface area contributed by atoms with E-state index in [2.05, 4.69) is 23.0 Å². The van der Waals surface area contributed by atoms with Gasteiger partial charge in [0, 0.05) is 24.4 Å². The molecule has 98 valence electrons. The summed E-state index contributed by atoms with van der Waals surface area (Å²) in [5.41, 5.74) is 8.25. The molecule has 0 saturated carbocycles. The van der Waals surface area contributed by atoms with Crippen LogP contribution < -0.4 is 10.9 Å². The van der Waals surface area contributed by atoms with Crippen LogP contribution in [0.2, 0.25) is 0 Å². The van der Waals surface area contributed by atoms with Gasteiger partial charge in [-0.05, 0) is 24.1 Å². The highest BCUT2D eigenvalue weighted by Gasteiger charge is 2.02. The van der Waals surface area contributed by atoms with Crippen LogP contribution in [0.3, 0.4) is 0 Å². The first-order valence-electron chi connectivity index (χ1n) is 6.03. The molecule has 0 aliphatic carbocycles. The van der Waals surface area contributed by atoms with Crippen LogP contribution in [0.15, 0.2) is 54.6 Å². The molecule has 0 spiro atoms. The summed E-state index contributed by atoms with van der Waals surface area (Å²) < 4.78 is 0. The van der Waals surface area contributed by atoms with Crippen molar-refractivity contribution in [2.75, 3.05) is 12.0 Å². The summed E-state index contributed by atoms with van der Waals surface area (Å²) in [6.07, 6.45) is 0.917. The van der Waals surface area contributed by atoms with Crippen molar-refractivity contribution in [1.82, 2.24) is 5.43 Å². The lowest BCUT2D eigenvalue weighted by Crippen LogP contribution is -2.24. The van der Waals surface area contributed by atoms with Crippen LogP contribution in [-0.2, 0) is 6.42 Å². The fourth-order valence-corrected chi connectivity index (χ4v) is 1.68. The number of nitro benzene ring substituents is 1. The van der Waals surface area contributed by atoms with Crippen molar-refractivity contribution >= 4 is 11.4 Å². The van der Waals surface area contributed by atoms with Crippen LogP contribution in [0.25, 0.3) is 0 Å². The molecule has 0 radical (unpaired) electrons. The Hall–Kier alpha value is -2.40. The molecule has 0 heterocycles. The summed E-state index contributed by atoms with van der Waals surface area (Å²) in [6.45, 7) is 0.779. The van der Waals surface area contributed by atoms with Gasteiger partial charge in [0.15, 0.2) is 0 Å². The van der Waals surface area contributed by atoms with Crippen molar-refractivity contribution in [2.45, 2.75) is 6.42 Å². The van der Waals surface area contributed by atoms with Gasteiger partial charge in [-0.2, -0.15) is 0 Å². The Morgan fingerprint density at radius 3 is 2.32 bits per heavy atom. The van der Waals surface area contributed by atoms with Gasteiger partial charge in [-0.25, -0.2) is 5.43 Å². The van der Waals surface area contributed by atoms with Crippen LogP contribution in [0.5, 0.6) is 0 Å². The zero-order chi connectivity index (χ0) is 13.5. The first-order chi connectivity index (χ1) is 9.25. The molecular formula is C14H15N3O2. The second-order valence-electron chi connectivity index (χ2n) is 4.09.